The van der Waals surface area contributed by atoms with Crippen molar-refractivity contribution >= 4 is 11.6 Å². The Morgan fingerprint density at radius 2 is 2.33 bits per heavy atom. The van der Waals surface area contributed by atoms with Crippen LogP contribution in [0.3, 0.4) is 0 Å². The average Bonchev–Trinajstić information content (AvgIpc) is 2.66. The highest BCUT2D eigenvalue weighted by Crippen LogP contribution is 2.13. The summed E-state index contributed by atoms with van der Waals surface area (Å²) in [6, 6.07) is 4.02. The van der Waals surface area contributed by atoms with Crippen LogP contribution >= 0.6 is 0 Å². The Labute approximate surface area is 123 Å². The summed E-state index contributed by atoms with van der Waals surface area (Å²) in [5, 5.41) is 9.17. The molecule has 0 spiro atoms. The van der Waals surface area contributed by atoms with E-state index in [1.54, 1.807) is 0 Å². The quantitative estimate of drug-likeness (QED) is 0.919. The molecular weight excluding hydrogens is 270 g/mol. The topological polar surface area (TPSA) is 67.1 Å². The van der Waals surface area contributed by atoms with Crippen LogP contribution in [0.1, 0.15) is 11.3 Å². The Morgan fingerprint density at radius 1 is 1.48 bits per heavy atom. The Kier molecular flexibility index (Phi) is 3.90. The van der Waals surface area contributed by atoms with Gasteiger partial charge < -0.3 is 14.2 Å². The predicted octanol–water partition coefficient (Wildman–Crippen LogP) is 1.18. The van der Waals surface area contributed by atoms with Crippen LogP contribution in [-0.2, 0) is 16.1 Å². The van der Waals surface area contributed by atoms with Gasteiger partial charge in [-0.25, -0.2) is 4.98 Å². The average molecular weight is 289 g/mol. The number of aryl methyl sites for hydroxylation is 1. The maximum atomic E-state index is 11.2. The van der Waals surface area contributed by atoms with E-state index in [2.05, 4.69) is 9.88 Å². The van der Waals surface area contributed by atoms with Gasteiger partial charge >= 0.3 is 5.97 Å². The zero-order valence-electron chi connectivity index (χ0n) is 12.0. The van der Waals surface area contributed by atoms with E-state index in [0.29, 0.717) is 19.7 Å². The second-order valence-corrected chi connectivity index (χ2v) is 5.55. The third kappa shape index (κ3) is 3.22. The maximum absolute atomic E-state index is 11.2. The minimum absolute atomic E-state index is 0.288. The summed E-state index contributed by atoms with van der Waals surface area (Å²) >= 11 is 0. The van der Waals surface area contributed by atoms with Crippen molar-refractivity contribution in [2.75, 3.05) is 26.3 Å². The molecule has 1 fully saturated rings. The molecule has 1 unspecified atom stereocenters. The molecule has 0 bridgehead atoms. The first kappa shape index (κ1) is 14.0. The standard InChI is InChI=1S/C15H19N3O3/c1-11-2-3-14-16-13(9-18(14)6-11)8-17-4-5-21-10-12(7-17)15(19)20/h2-3,6,9,12H,4-5,7-8,10H2,1H3,(H,19,20). The smallest absolute Gasteiger partial charge is 0.310 e. The van der Waals surface area contributed by atoms with Crippen LogP contribution in [0.5, 0.6) is 0 Å². The van der Waals surface area contributed by atoms with E-state index in [1.807, 2.05) is 35.9 Å². The number of hydrogen-bond donors (Lipinski definition) is 1. The molecule has 1 aliphatic heterocycles. The molecule has 1 aliphatic rings. The van der Waals surface area contributed by atoms with Gasteiger partial charge in [-0.3, -0.25) is 9.69 Å². The molecule has 6 heteroatoms. The lowest BCUT2D eigenvalue weighted by atomic mass is 10.1. The molecule has 1 atom stereocenters. The third-order valence-electron chi connectivity index (χ3n) is 3.73. The minimum Gasteiger partial charge on any atom is -0.481 e. The fraction of sp³-hybridized carbons (Fsp3) is 0.467. The number of fused-ring (bicyclic) bond motifs is 1. The summed E-state index contributed by atoms with van der Waals surface area (Å²) in [5.41, 5.74) is 3.05. The lowest BCUT2D eigenvalue weighted by molar-refractivity contribution is -0.143. The highest BCUT2D eigenvalue weighted by Gasteiger charge is 2.24. The number of carboxylic acid groups (broad SMARTS) is 1. The van der Waals surface area contributed by atoms with Gasteiger partial charge in [0, 0.05) is 32.0 Å². The summed E-state index contributed by atoms with van der Waals surface area (Å²) < 4.78 is 7.37. The van der Waals surface area contributed by atoms with Crippen LogP contribution in [-0.4, -0.2) is 51.7 Å². The number of ether oxygens (including phenoxy) is 1. The van der Waals surface area contributed by atoms with E-state index >= 15 is 0 Å². The van der Waals surface area contributed by atoms with Crippen molar-refractivity contribution in [3.63, 3.8) is 0 Å². The summed E-state index contributed by atoms with van der Waals surface area (Å²) in [6.07, 6.45) is 4.04. The van der Waals surface area contributed by atoms with Gasteiger partial charge in [-0.15, -0.1) is 0 Å². The van der Waals surface area contributed by atoms with Gasteiger partial charge in [0.15, 0.2) is 0 Å². The van der Waals surface area contributed by atoms with Crippen LogP contribution < -0.4 is 0 Å². The van der Waals surface area contributed by atoms with E-state index in [9.17, 15) is 4.79 Å². The molecule has 112 valence electrons. The summed E-state index contributed by atoms with van der Waals surface area (Å²) in [7, 11) is 0. The number of carbonyl (C=O) groups is 1. The Bertz CT molecular complexity index is 653. The molecule has 0 aromatic carbocycles. The summed E-state index contributed by atoms with van der Waals surface area (Å²) in [4.78, 5) is 17.8. The number of aliphatic carboxylic acids is 1. The monoisotopic (exact) mass is 289 g/mol. The third-order valence-corrected chi connectivity index (χ3v) is 3.73. The second kappa shape index (κ2) is 5.83. The largest absolute Gasteiger partial charge is 0.481 e. The van der Waals surface area contributed by atoms with Gasteiger partial charge in [0.2, 0.25) is 0 Å². The van der Waals surface area contributed by atoms with Crippen LogP contribution in [0, 0.1) is 12.8 Å². The first-order chi connectivity index (χ1) is 10.1. The first-order valence-electron chi connectivity index (χ1n) is 7.09. The van der Waals surface area contributed by atoms with Crippen LogP contribution in [0.2, 0.25) is 0 Å². The van der Waals surface area contributed by atoms with Crippen molar-refractivity contribution in [1.29, 1.82) is 0 Å². The molecule has 21 heavy (non-hydrogen) atoms. The van der Waals surface area contributed by atoms with Crippen molar-refractivity contribution in [3.8, 4) is 0 Å². The van der Waals surface area contributed by atoms with Crippen molar-refractivity contribution in [3.05, 3.63) is 35.8 Å². The van der Waals surface area contributed by atoms with E-state index < -0.39 is 11.9 Å². The molecule has 0 saturated carbocycles. The molecule has 0 aliphatic carbocycles. The SMILES string of the molecule is Cc1ccc2nc(CN3CCOCC(C(=O)O)C3)cn2c1. The lowest BCUT2D eigenvalue weighted by Crippen LogP contribution is -2.33. The van der Waals surface area contributed by atoms with Gasteiger partial charge in [0.25, 0.3) is 0 Å². The number of aromatic nitrogens is 2. The summed E-state index contributed by atoms with van der Waals surface area (Å²) in [5.74, 6) is -1.26. The Hall–Kier alpha value is -1.92. The van der Waals surface area contributed by atoms with Crippen molar-refractivity contribution < 1.29 is 14.6 Å². The predicted molar refractivity (Wildman–Crippen MR) is 77.2 cm³/mol. The number of carboxylic acids is 1. The molecule has 0 radical (unpaired) electrons. The zero-order valence-corrected chi connectivity index (χ0v) is 12.0. The second-order valence-electron chi connectivity index (χ2n) is 5.55. The Balaban J connectivity index is 1.75. The van der Waals surface area contributed by atoms with E-state index in [0.717, 1.165) is 17.9 Å². The number of rotatable bonds is 3. The van der Waals surface area contributed by atoms with E-state index in [-0.39, 0.29) is 6.61 Å². The fourth-order valence-corrected chi connectivity index (χ4v) is 2.63. The minimum atomic E-state index is -0.799. The number of hydrogen-bond acceptors (Lipinski definition) is 4. The molecule has 1 saturated heterocycles. The van der Waals surface area contributed by atoms with E-state index in [4.69, 9.17) is 9.84 Å². The van der Waals surface area contributed by atoms with Gasteiger partial charge in [0.1, 0.15) is 5.65 Å². The van der Waals surface area contributed by atoms with Crippen LogP contribution in [0.25, 0.3) is 5.65 Å². The lowest BCUT2D eigenvalue weighted by Gasteiger charge is -2.20. The number of pyridine rings is 1. The van der Waals surface area contributed by atoms with Crippen molar-refractivity contribution in [2.24, 2.45) is 5.92 Å². The fourth-order valence-electron chi connectivity index (χ4n) is 2.63. The van der Waals surface area contributed by atoms with Gasteiger partial charge in [-0.05, 0) is 18.6 Å². The molecular formula is C15H19N3O3. The first-order valence-corrected chi connectivity index (χ1v) is 7.09. The molecule has 6 nitrogen and oxygen atoms in total. The van der Waals surface area contributed by atoms with E-state index in [1.165, 1.54) is 5.56 Å². The Morgan fingerprint density at radius 3 is 3.14 bits per heavy atom. The van der Waals surface area contributed by atoms with Crippen LogP contribution in [0.15, 0.2) is 24.5 Å². The molecule has 2 aromatic rings. The maximum Gasteiger partial charge on any atom is 0.310 e. The molecule has 0 amide bonds. The summed E-state index contributed by atoms with van der Waals surface area (Å²) in [6.45, 7) is 4.78. The van der Waals surface area contributed by atoms with Gasteiger partial charge in [0.05, 0.1) is 24.8 Å². The van der Waals surface area contributed by atoms with Crippen molar-refractivity contribution in [2.45, 2.75) is 13.5 Å². The highest BCUT2D eigenvalue weighted by atomic mass is 16.5. The molecule has 1 N–H and O–H groups in total. The normalized spacial score (nSPS) is 20.5. The van der Waals surface area contributed by atoms with Crippen LogP contribution in [0.4, 0.5) is 0 Å². The molecule has 3 heterocycles. The van der Waals surface area contributed by atoms with Gasteiger partial charge in [-0.1, -0.05) is 6.07 Å². The molecule has 3 rings (SSSR count). The zero-order chi connectivity index (χ0) is 14.8. The number of nitrogens with zero attached hydrogens (tertiary/aromatic N) is 3. The highest BCUT2D eigenvalue weighted by molar-refractivity contribution is 5.70. The number of imidazole rings is 1. The molecule has 2 aromatic heterocycles. The van der Waals surface area contributed by atoms with Gasteiger partial charge in [-0.2, -0.15) is 0 Å². The van der Waals surface area contributed by atoms with Crippen molar-refractivity contribution in [1.82, 2.24) is 14.3 Å².